The molecule has 0 bridgehead atoms. The van der Waals surface area contributed by atoms with E-state index in [1.165, 1.54) is 0 Å². The van der Waals surface area contributed by atoms with Gasteiger partial charge in [0.25, 0.3) is 5.91 Å². The first-order valence-corrected chi connectivity index (χ1v) is 6.38. The van der Waals surface area contributed by atoms with Crippen LogP contribution in [0.1, 0.15) is 27.4 Å². The molecule has 0 saturated heterocycles. The van der Waals surface area contributed by atoms with Crippen molar-refractivity contribution in [3.63, 3.8) is 0 Å². The molecule has 2 aromatic rings. The van der Waals surface area contributed by atoms with Crippen molar-refractivity contribution in [1.82, 2.24) is 0 Å². The van der Waals surface area contributed by atoms with Crippen molar-refractivity contribution in [2.45, 2.75) is 13.8 Å². The predicted octanol–water partition coefficient (Wildman–Crippen LogP) is 3.78. The summed E-state index contributed by atoms with van der Waals surface area (Å²) in [4.78, 5) is 12.1. The number of carbonyl (C=O) groups is 1. The van der Waals surface area contributed by atoms with Crippen LogP contribution >= 0.6 is 15.9 Å². The first kappa shape index (κ1) is 13.4. The van der Waals surface area contributed by atoms with Crippen LogP contribution in [0.3, 0.4) is 0 Å². The lowest BCUT2D eigenvalue weighted by molar-refractivity contribution is 0.102. The number of nitrogens with one attached hydrogen (secondary N) is 1. The molecule has 0 fully saturated rings. The van der Waals surface area contributed by atoms with Crippen molar-refractivity contribution in [3.8, 4) is 6.07 Å². The number of halogens is 1. The van der Waals surface area contributed by atoms with Crippen LogP contribution in [-0.4, -0.2) is 5.91 Å². The third-order valence-electron chi connectivity index (χ3n) is 2.64. The highest BCUT2D eigenvalue weighted by atomic mass is 79.9. The zero-order valence-corrected chi connectivity index (χ0v) is 12.0. The van der Waals surface area contributed by atoms with E-state index in [0.717, 1.165) is 4.47 Å². The van der Waals surface area contributed by atoms with Crippen LogP contribution < -0.4 is 5.32 Å². The Kier molecular flexibility index (Phi) is 3.72. The van der Waals surface area contributed by atoms with E-state index < -0.39 is 0 Å². The van der Waals surface area contributed by atoms with E-state index in [1.54, 1.807) is 38.1 Å². The number of aryl methyl sites for hydroxylation is 2. The lowest BCUT2D eigenvalue weighted by Gasteiger charge is -2.06. The molecule has 0 saturated carbocycles. The fourth-order valence-electron chi connectivity index (χ4n) is 1.76. The number of rotatable bonds is 2. The first-order valence-electron chi connectivity index (χ1n) is 5.59. The summed E-state index contributed by atoms with van der Waals surface area (Å²) >= 11 is 3.31. The highest BCUT2D eigenvalue weighted by Crippen LogP contribution is 2.22. The Labute approximate surface area is 119 Å². The van der Waals surface area contributed by atoms with Crippen LogP contribution in [0.15, 0.2) is 33.2 Å². The molecule has 0 unspecified atom stereocenters. The van der Waals surface area contributed by atoms with E-state index in [2.05, 4.69) is 21.2 Å². The van der Waals surface area contributed by atoms with Crippen LogP contribution in [0.25, 0.3) is 0 Å². The summed E-state index contributed by atoms with van der Waals surface area (Å²) in [5.41, 5.74) is 1.36. The lowest BCUT2D eigenvalue weighted by atomic mass is 10.1. The number of amides is 1. The van der Waals surface area contributed by atoms with E-state index in [4.69, 9.17) is 9.68 Å². The summed E-state index contributed by atoms with van der Waals surface area (Å²) in [6.07, 6.45) is 0. The maximum Gasteiger partial charge on any atom is 0.259 e. The van der Waals surface area contributed by atoms with Crippen molar-refractivity contribution in [1.29, 1.82) is 5.26 Å². The average Bonchev–Trinajstić information content (AvgIpc) is 2.69. The minimum Gasteiger partial charge on any atom is -0.466 e. The Morgan fingerprint density at radius 1 is 1.37 bits per heavy atom. The monoisotopic (exact) mass is 318 g/mol. The van der Waals surface area contributed by atoms with Gasteiger partial charge in [0, 0.05) is 4.47 Å². The van der Waals surface area contributed by atoms with Crippen LogP contribution in [0, 0.1) is 25.2 Å². The van der Waals surface area contributed by atoms with Crippen molar-refractivity contribution >= 4 is 27.5 Å². The van der Waals surface area contributed by atoms with Gasteiger partial charge in [-0.15, -0.1) is 0 Å². The third-order valence-corrected chi connectivity index (χ3v) is 3.13. The smallest absolute Gasteiger partial charge is 0.259 e. The van der Waals surface area contributed by atoms with Gasteiger partial charge in [0.1, 0.15) is 17.6 Å². The maximum atomic E-state index is 12.1. The molecule has 0 aliphatic rings. The van der Waals surface area contributed by atoms with E-state index in [9.17, 15) is 4.79 Å². The number of anilines is 1. The van der Waals surface area contributed by atoms with Crippen LogP contribution in [0.4, 0.5) is 5.69 Å². The van der Waals surface area contributed by atoms with Crippen molar-refractivity contribution in [3.05, 3.63) is 51.4 Å². The molecule has 96 valence electrons. The summed E-state index contributed by atoms with van der Waals surface area (Å²) < 4.78 is 6.11. The Balaban J connectivity index is 2.32. The van der Waals surface area contributed by atoms with Crippen molar-refractivity contribution in [2.24, 2.45) is 0 Å². The predicted molar refractivity (Wildman–Crippen MR) is 75.0 cm³/mol. The van der Waals surface area contributed by atoms with Gasteiger partial charge >= 0.3 is 0 Å². The zero-order chi connectivity index (χ0) is 14.0. The van der Waals surface area contributed by atoms with Gasteiger partial charge in [0.15, 0.2) is 0 Å². The molecule has 1 aromatic carbocycles. The normalized spacial score (nSPS) is 10.0. The number of hydrogen-bond acceptors (Lipinski definition) is 3. The van der Waals surface area contributed by atoms with Crippen LogP contribution in [0.5, 0.6) is 0 Å². The number of furan rings is 1. The second kappa shape index (κ2) is 5.29. The summed E-state index contributed by atoms with van der Waals surface area (Å²) in [6, 6.07) is 8.81. The topological polar surface area (TPSA) is 66.0 Å². The minimum atomic E-state index is -0.288. The summed E-state index contributed by atoms with van der Waals surface area (Å²) in [5, 5.41) is 11.7. The van der Waals surface area contributed by atoms with Crippen molar-refractivity contribution in [2.75, 3.05) is 5.32 Å². The number of benzene rings is 1. The average molecular weight is 319 g/mol. The molecule has 1 amide bonds. The quantitative estimate of drug-likeness (QED) is 0.916. The Hall–Kier alpha value is -2.06. The molecule has 0 aliphatic carbocycles. The molecule has 1 aromatic heterocycles. The molecule has 0 atom stereocenters. The molecule has 1 heterocycles. The van der Waals surface area contributed by atoms with Crippen LogP contribution in [0.2, 0.25) is 0 Å². The van der Waals surface area contributed by atoms with Gasteiger partial charge in [-0.25, -0.2) is 0 Å². The van der Waals surface area contributed by atoms with Gasteiger partial charge < -0.3 is 9.73 Å². The number of carbonyl (C=O) groups excluding carboxylic acids is 1. The number of nitrogens with zero attached hydrogens (tertiary/aromatic N) is 1. The highest BCUT2D eigenvalue weighted by Gasteiger charge is 2.15. The van der Waals surface area contributed by atoms with Gasteiger partial charge in [0.2, 0.25) is 0 Å². The molecule has 2 rings (SSSR count). The largest absolute Gasteiger partial charge is 0.466 e. The SMILES string of the molecule is Cc1cc(C(=O)Nc2cc(Br)ccc2C#N)c(C)o1. The molecular weight excluding hydrogens is 308 g/mol. The van der Waals surface area contributed by atoms with Gasteiger partial charge in [0.05, 0.1) is 16.8 Å². The van der Waals surface area contributed by atoms with Crippen LogP contribution in [-0.2, 0) is 0 Å². The Morgan fingerprint density at radius 3 is 2.68 bits per heavy atom. The molecule has 1 N–H and O–H groups in total. The fraction of sp³-hybridized carbons (Fsp3) is 0.143. The zero-order valence-electron chi connectivity index (χ0n) is 10.5. The maximum absolute atomic E-state index is 12.1. The van der Waals surface area contributed by atoms with E-state index >= 15 is 0 Å². The fourth-order valence-corrected chi connectivity index (χ4v) is 2.12. The summed E-state index contributed by atoms with van der Waals surface area (Å²) in [5.74, 6) is 0.949. The van der Waals surface area contributed by atoms with Crippen molar-refractivity contribution < 1.29 is 9.21 Å². The molecule has 0 aliphatic heterocycles. The minimum absolute atomic E-state index is 0.288. The van der Waals surface area contributed by atoms with E-state index in [0.29, 0.717) is 28.3 Å². The number of nitriles is 1. The second-order valence-electron chi connectivity index (χ2n) is 4.08. The standard InChI is InChI=1S/C14H11BrN2O2/c1-8-5-12(9(2)19-8)14(18)17-13-6-11(15)4-3-10(13)7-16/h3-6H,1-2H3,(H,17,18). The molecule has 4 nitrogen and oxygen atoms in total. The molecular formula is C14H11BrN2O2. The molecule has 19 heavy (non-hydrogen) atoms. The third kappa shape index (κ3) is 2.85. The molecule has 0 radical (unpaired) electrons. The summed E-state index contributed by atoms with van der Waals surface area (Å²) in [7, 11) is 0. The summed E-state index contributed by atoms with van der Waals surface area (Å²) in [6.45, 7) is 3.51. The second-order valence-corrected chi connectivity index (χ2v) is 5.00. The first-order chi connectivity index (χ1) is 9.01. The highest BCUT2D eigenvalue weighted by molar-refractivity contribution is 9.10. The number of hydrogen-bond donors (Lipinski definition) is 1. The molecule has 5 heteroatoms. The Bertz CT molecular complexity index is 683. The van der Waals surface area contributed by atoms with Gasteiger partial charge in [-0.05, 0) is 38.1 Å². The van der Waals surface area contributed by atoms with Gasteiger partial charge in [-0.2, -0.15) is 5.26 Å². The van der Waals surface area contributed by atoms with Gasteiger partial charge in [-0.3, -0.25) is 4.79 Å². The van der Waals surface area contributed by atoms with E-state index in [1.807, 2.05) is 6.07 Å². The van der Waals surface area contributed by atoms with E-state index in [-0.39, 0.29) is 5.91 Å². The Morgan fingerprint density at radius 2 is 2.11 bits per heavy atom. The molecule has 0 spiro atoms. The van der Waals surface area contributed by atoms with Gasteiger partial charge in [-0.1, -0.05) is 15.9 Å². The lowest BCUT2D eigenvalue weighted by Crippen LogP contribution is -2.13.